The van der Waals surface area contributed by atoms with Crippen molar-refractivity contribution in [1.29, 1.82) is 0 Å². The Hall–Kier alpha value is -2.84. The number of alkyl halides is 3. The van der Waals surface area contributed by atoms with Crippen molar-refractivity contribution in [3.63, 3.8) is 0 Å². The Morgan fingerprint density at radius 1 is 1.32 bits per heavy atom. The number of hydrogen-bond acceptors (Lipinski definition) is 4. The predicted octanol–water partition coefficient (Wildman–Crippen LogP) is 2.37. The standard InChI is InChI=1S/C16H16F3N5O/c1-2-14(25)20-7-11-8-23(15-21-10-22-24(15)9-11)13-5-3-12(4-6-13)16(17,18)19/h2-6,10-11H,1,7-9H2,(H,20,25)/t11-/m1/s1. The molecule has 0 radical (unpaired) electrons. The van der Waals surface area contributed by atoms with Gasteiger partial charge in [-0.2, -0.15) is 23.3 Å². The summed E-state index contributed by atoms with van der Waals surface area (Å²) in [4.78, 5) is 17.3. The van der Waals surface area contributed by atoms with E-state index in [0.29, 0.717) is 31.3 Å². The van der Waals surface area contributed by atoms with Crippen molar-refractivity contribution in [2.24, 2.45) is 5.92 Å². The van der Waals surface area contributed by atoms with Crippen molar-refractivity contribution >= 4 is 17.5 Å². The van der Waals surface area contributed by atoms with Crippen LogP contribution >= 0.6 is 0 Å². The van der Waals surface area contributed by atoms with E-state index >= 15 is 0 Å². The molecule has 1 aromatic heterocycles. The summed E-state index contributed by atoms with van der Waals surface area (Å²) in [6.45, 7) is 4.87. The minimum absolute atomic E-state index is 0.0281. The minimum Gasteiger partial charge on any atom is -0.352 e. The molecule has 1 aliphatic rings. The van der Waals surface area contributed by atoms with Crippen LogP contribution in [0.3, 0.4) is 0 Å². The lowest BCUT2D eigenvalue weighted by Crippen LogP contribution is -2.41. The number of nitrogens with zero attached hydrogens (tertiary/aromatic N) is 4. The molecule has 1 N–H and O–H groups in total. The molecule has 1 amide bonds. The fraction of sp³-hybridized carbons (Fsp3) is 0.312. The van der Waals surface area contributed by atoms with Gasteiger partial charge in [0.1, 0.15) is 6.33 Å². The van der Waals surface area contributed by atoms with Crippen LogP contribution in [0.25, 0.3) is 0 Å². The van der Waals surface area contributed by atoms with Gasteiger partial charge in [-0.25, -0.2) is 4.68 Å². The molecule has 3 rings (SSSR count). The Bertz CT molecular complexity index is 769. The zero-order valence-corrected chi connectivity index (χ0v) is 13.2. The first-order valence-corrected chi connectivity index (χ1v) is 7.61. The normalized spacial score (nSPS) is 17.1. The van der Waals surface area contributed by atoms with Crippen LogP contribution in [0.4, 0.5) is 24.8 Å². The van der Waals surface area contributed by atoms with Crippen molar-refractivity contribution in [3.8, 4) is 0 Å². The van der Waals surface area contributed by atoms with Gasteiger partial charge in [-0.3, -0.25) is 4.79 Å². The number of benzene rings is 1. The summed E-state index contributed by atoms with van der Waals surface area (Å²) in [5.41, 5.74) is -0.119. The van der Waals surface area contributed by atoms with Crippen LogP contribution in [0, 0.1) is 5.92 Å². The Balaban J connectivity index is 1.82. The lowest BCUT2D eigenvalue weighted by molar-refractivity contribution is -0.137. The van der Waals surface area contributed by atoms with E-state index in [4.69, 9.17) is 0 Å². The van der Waals surface area contributed by atoms with Gasteiger partial charge < -0.3 is 10.2 Å². The van der Waals surface area contributed by atoms with Gasteiger partial charge in [0.25, 0.3) is 0 Å². The highest BCUT2D eigenvalue weighted by Gasteiger charge is 2.31. The van der Waals surface area contributed by atoms with Crippen LogP contribution in [0.15, 0.2) is 43.2 Å². The Morgan fingerprint density at radius 2 is 2.04 bits per heavy atom. The zero-order chi connectivity index (χ0) is 18.0. The van der Waals surface area contributed by atoms with Crippen LogP contribution in [-0.4, -0.2) is 33.8 Å². The molecule has 0 unspecified atom stereocenters. The third-order valence-electron chi connectivity index (χ3n) is 3.97. The number of anilines is 2. The summed E-state index contributed by atoms with van der Waals surface area (Å²) >= 11 is 0. The van der Waals surface area contributed by atoms with Crippen molar-refractivity contribution in [2.75, 3.05) is 18.0 Å². The smallest absolute Gasteiger partial charge is 0.352 e. The molecular weight excluding hydrogens is 335 g/mol. The quantitative estimate of drug-likeness (QED) is 0.859. The number of aromatic nitrogens is 3. The van der Waals surface area contributed by atoms with Crippen molar-refractivity contribution in [2.45, 2.75) is 12.7 Å². The maximum Gasteiger partial charge on any atom is 0.416 e. The fourth-order valence-electron chi connectivity index (χ4n) is 2.74. The molecule has 25 heavy (non-hydrogen) atoms. The fourth-order valence-corrected chi connectivity index (χ4v) is 2.74. The minimum atomic E-state index is -4.38. The number of nitrogens with one attached hydrogen (secondary N) is 1. The molecule has 0 saturated carbocycles. The molecule has 0 bridgehead atoms. The molecule has 0 saturated heterocycles. The number of fused-ring (bicyclic) bond motifs is 1. The van der Waals surface area contributed by atoms with Gasteiger partial charge in [0.2, 0.25) is 11.9 Å². The second-order valence-electron chi connectivity index (χ2n) is 5.71. The van der Waals surface area contributed by atoms with Gasteiger partial charge in [-0.1, -0.05) is 6.58 Å². The van der Waals surface area contributed by atoms with E-state index in [9.17, 15) is 18.0 Å². The van der Waals surface area contributed by atoms with Gasteiger partial charge in [-0.15, -0.1) is 0 Å². The lowest BCUT2D eigenvalue weighted by atomic mass is 10.1. The van der Waals surface area contributed by atoms with E-state index in [1.54, 1.807) is 9.58 Å². The Labute approximate surface area is 142 Å². The summed E-state index contributed by atoms with van der Waals surface area (Å²) in [6.07, 6.45) is -1.79. The number of carbonyl (C=O) groups is 1. The molecule has 0 fully saturated rings. The molecule has 132 valence electrons. The van der Waals surface area contributed by atoms with Crippen LogP contribution in [-0.2, 0) is 17.5 Å². The average Bonchev–Trinajstić information content (AvgIpc) is 3.06. The molecule has 0 aliphatic carbocycles. The van der Waals surface area contributed by atoms with Gasteiger partial charge in [-0.05, 0) is 30.3 Å². The molecule has 2 aromatic rings. The first-order valence-electron chi connectivity index (χ1n) is 7.61. The van der Waals surface area contributed by atoms with Gasteiger partial charge >= 0.3 is 6.18 Å². The topological polar surface area (TPSA) is 63.1 Å². The zero-order valence-electron chi connectivity index (χ0n) is 13.2. The van der Waals surface area contributed by atoms with E-state index in [-0.39, 0.29) is 11.8 Å². The number of rotatable bonds is 4. The van der Waals surface area contributed by atoms with Crippen molar-refractivity contribution in [1.82, 2.24) is 20.1 Å². The van der Waals surface area contributed by atoms with Crippen molar-refractivity contribution < 1.29 is 18.0 Å². The van der Waals surface area contributed by atoms with E-state index < -0.39 is 11.7 Å². The van der Waals surface area contributed by atoms with Crippen LogP contribution < -0.4 is 10.2 Å². The highest BCUT2D eigenvalue weighted by atomic mass is 19.4. The highest BCUT2D eigenvalue weighted by molar-refractivity contribution is 5.86. The van der Waals surface area contributed by atoms with E-state index in [1.165, 1.54) is 24.5 Å². The SMILES string of the molecule is C=CC(=O)NC[C@@H]1CN(c2ccc(C(F)(F)F)cc2)c2ncnn2C1. The lowest BCUT2D eigenvalue weighted by Gasteiger charge is -2.33. The van der Waals surface area contributed by atoms with E-state index in [0.717, 1.165) is 12.1 Å². The molecule has 0 spiro atoms. The van der Waals surface area contributed by atoms with Crippen LogP contribution in [0.1, 0.15) is 5.56 Å². The monoisotopic (exact) mass is 351 g/mol. The maximum atomic E-state index is 12.7. The molecule has 1 aromatic carbocycles. The number of carbonyl (C=O) groups excluding carboxylic acids is 1. The van der Waals surface area contributed by atoms with E-state index in [1.807, 2.05) is 0 Å². The Morgan fingerprint density at radius 3 is 2.68 bits per heavy atom. The third kappa shape index (κ3) is 3.65. The summed E-state index contributed by atoms with van der Waals surface area (Å²) in [6, 6.07) is 4.90. The Kier molecular flexibility index (Phi) is 4.47. The van der Waals surface area contributed by atoms with Gasteiger partial charge in [0, 0.05) is 24.7 Å². The second kappa shape index (κ2) is 6.58. The van der Waals surface area contributed by atoms with Crippen LogP contribution in [0.5, 0.6) is 0 Å². The van der Waals surface area contributed by atoms with Crippen LogP contribution in [0.2, 0.25) is 0 Å². The molecule has 2 heterocycles. The number of amides is 1. The summed E-state index contributed by atoms with van der Waals surface area (Å²) in [7, 11) is 0. The molecule has 9 heteroatoms. The van der Waals surface area contributed by atoms with E-state index in [2.05, 4.69) is 22.0 Å². The molecular formula is C16H16F3N5O. The molecule has 1 atom stereocenters. The maximum absolute atomic E-state index is 12.7. The highest BCUT2D eigenvalue weighted by Crippen LogP contribution is 2.33. The van der Waals surface area contributed by atoms with Gasteiger partial charge in [0.05, 0.1) is 12.1 Å². The molecule has 6 nitrogen and oxygen atoms in total. The number of hydrogen-bond donors (Lipinski definition) is 1. The predicted molar refractivity (Wildman–Crippen MR) is 85.2 cm³/mol. The summed E-state index contributed by atoms with van der Waals surface area (Å²) in [5.74, 6) is 0.317. The third-order valence-corrected chi connectivity index (χ3v) is 3.97. The largest absolute Gasteiger partial charge is 0.416 e. The summed E-state index contributed by atoms with van der Waals surface area (Å²) < 4.78 is 39.9. The van der Waals surface area contributed by atoms with Gasteiger partial charge in [0.15, 0.2) is 0 Å². The second-order valence-corrected chi connectivity index (χ2v) is 5.71. The summed E-state index contributed by atoms with van der Waals surface area (Å²) in [5, 5.41) is 6.87. The average molecular weight is 351 g/mol. The van der Waals surface area contributed by atoms with Crippen molar-refractivity contribution in [3.05, 3.63) is 48.8 Å². The molecule has 1 aliphatic heterocycles. The first kappa shape index (κ1) is 17.0. The number of halogens is 3. The first-order chi connectivity index (χ1) is 11.9.